The van der Waals surface area contributed by atoms with Crippen molar-refractivity contribution in [3.63, 3.8) is 0 Å². The van der Waals surface area contributed by atoms with E-state index in [2.05, 4.69) is 298 Å². The Bertz CT molecular complexity index is 3690. The number of pyridine rings is 1. The van der Waals surface area contributed by atoms with Gasteiger partial charge in [-0.05, 0) is 122 Å². The average molecular weight is 997 g/mol. The van der Waals surface area contributed by atoms with E-state index in [-0.39, 0.29) is 27.1 Å². The molecule has 5 heteroatoms. The third kappa shape index (κ3) is 9.14. The maximum atomic E-state index is 7.22. The zero-order valence-corrected chi connectivity index (χ0v) is 46.5. The maximum absolute atomic E-state index is 7.22. The van der Waals surface area contributed by atoms with Gasteiger partial charge < -0.3 is 14.5 Å². The van der Waals surface area contributed by atoms with Crippen molar-refractivity contribution >= 4 is 44.6 Å². The van der Waals surface area contributed by atoms with Crippen LogP contribution in [0.5, 0.6) is 11.5 Å². The molecule has 382 valence electrons. The number of hydrogen-bond acceptors (Lipinski definition) is 4. The van der Waals surface area contributed by atoms with Crippen LogP contribution in [0, 0.1) is 0 Å². The van der Waals surface area contributed by atoms with Gasteiger partial charge in [-0.1, -0.05) is 204 Å². The van der Waals surface area contributed by atoms with Crippen LogP contribution in [0.2, 0.25) is 0 Å². The van der Waals surface area contributed by atoms with E-state index in [1.165, 1.54) is 55.7 Å². The lowest BCUT2D eigenvalue weighted by molar-refractivity contribution is 0.480. The van der Waals surface area contributed by atoms with Crippen molar-refractivity contribution in [3.8, 4) is 17.3 Å². The first-order valence-corrected chi connectivity index (χ1v) is 27.0. The molecule has 0 radical (unpaired) electrons. The van der Waals surface area contributed by atoms with Crippen molar-refractivity contribution in [2.75, 3.05) is 16.5 Å². The standard InChI is InChI=1S/C71H72N4O/c1-67(2,3)51-32-35-63-65(43-51)74(47-73(63)56-39-53(69(7,8)48-24-16-13-17-25-48)38-54(40-56)70(9,10)49-26-18-14-19-27-49)57-41-55(71(11,12)50-28-20-15-21-29-50)42-59(45-57)76-58-33-34-61-60-30-22-23-31-62(60)75(64(61)46-58)66-44-52(36-37-72-66)68(4,5)6/h13-46H,47H2,1-12H3. The fourth-order valence-electron chi connectivity index (χ4n) is 11.3. The lowest BCUT2D eigenvalue weighted by Gasteiger charge is -2.33. The summed E-state index contributed by atoms with van der Waals surface area (Å²) in [4.78, 5) is 10.0. The fraction of sp³-hybridized carbons (Fsp3) is 0.254. The summed E-state index contributed by atoms with van der Waals surface area (Å²) in [5.74, 6) is 2.42. The van der Waals surface area contributed by atoms with E-state index in [0.29, 0.717) is 6.67 Å². The smallest absolute Gasteiger partial charge is 0.137 e. The third-order valence-corrected chi connectivity index (χ3v) is 16.5. The lowest BCUT2D eigenvalue weighted by atomic mass is 9.73. The van der Waals surface area contributed by atoms with Gasteiger partial charge in [0.15, 0.2) is 0 Å². The zero-order chi connectivity index (χ0) is 53.4. The number of ether oxygens (including phenoxy) is 1. The molecule has 0 spiro atoms. The van der Waals surface area contributed by atoms with Crippen molar-refractivity contribution in [1.29, 1.82) is 0 Å². The van der Waals surface area contributed by atoms with Gasteiger partial charge >= 0.3 is 0 Å². The largest absolute Gasteiger partial charge is 0.457 e. The predicted molar refractivity (Wildman–Crippen MR) is 320 cm³/mol. The number of rotatable bonds is 11. The Morgan fingerprint density at radius 1 is 0.355 bits per heavy atom. The number of benzene rings is 8. The number of aromatic nitrogens is 2. The molecule has 0 amide bonds. The Kier molecular flexibility index (Phi) is 12.4. The molecule has 0 N–H and O–H groups in total. The topological polar surface area (TPSA) is 33.5 Å². The van der Waals surface area contributed by atoms with E-state index < -0.39 is 0 Å². The molecule has 5 nitrogen and oxygen atoms in total. The lowest BCUT2D eigenvalue weighted by Crippen LogP contribution is -2.27. The summed E-state index contributed by atoms with van der Waals surface area (Å²) in [5, 5.41) is 2.33. The van der Waals surface area contributed by atoms with Crippen LogP contribution in [0.1, 0.15) is 128 Å². The first-order chi connectivity index (χ1) is 36.2. The number of anilines is 4. The summed E-state index contributed by atoms with van der Waals surface area (Å²) >= 11 is 0. The van der Waals surface area contributed by atoms with E-state index in [9.17, 15) is 0 Å². The molecule has 0 aliphatic carbocycles. The predicted octanol–water partition coefficient (Wildman–Crippen LogP) is 18.8. The Labute approximate surface area is 451 Å². The van der Waals surface area contributed by atoms with Crippen molar-refractivity contribution in [2.45, 2.75) is 110 Å². The number of para-hydroxylation sites is 1. The average Bonchev–Trinajstić information content (AvgIpc) is 3.98. The number of nitrogens with zero attached hydrogens (tertiary/aromatic N) is 4. The van der Waals surface area contributed by atoms with E-state index in [1.807, 2.05) is 6.20 Å². The molecule has 0 bridgehead atoms. The van der Waals surface area contributed by atoms with Gasteiger partial charge in [-0.2, -0.15) is 0 Å². The highest BCUT2D eigenvalue weighted by atomic mass is 16.5. The second kappa shape index (κ2) is 18.7. The van der Waals surface area contributed by atoms with Crippen LogP contribution in [-0.2, 0) is 27.1 Å². The van der Waals surface area contributed by atoms with E-state index >= 15 is 0 Å². The summed E-state index contributed by atoms with van der Waals surface area (Å²) in [6, 6.07) is 73.6. The summed E-state index contributed by atoms with van der Waals surface area (Å²) in [7, 11) is 0. The highest BCUT2D eigenvalue weighted by molar-refractivity contribution is 6.09. The minimum atomic E-state index is -0.361. The molecule has 3 heterocycles. The first-order valence-electron chi connectivity index (χ1n) is 27.0. The molecule has 0 atom stereocenters. The molecule has 8 aromatic carbocycles. The van der Waals surface area contributed by atoms with Crippen LogP contribution >= 0.6 is 0 Å². The summed E-state index contributed by atoms with van der Waals surface area (Å²) in [6.45, 7) is 28.4. The van der Waals surface area contributed by atoms with Crippen molar-refractivity contribution in [3.05, 3.63) is 251 Å². The molecule has 1 aliphatic rings. The Hall–Kier alpha value is -7.89. The van der Waals surface area contributed by atoms with Crippen LogP contribution in [0.4, 0.5) is 22.7 Å². The highest BCUT2D eigenvalue weighted by Gasteiger charge is 2.35. The molecule has 11 rings (SSSR count). The van der Waals surface area contributed by atoms with Crippen LogP contribution in [0.25, 0.3) is 27.6 Å². The number of hydrogen-bond donors (Lipinski definition) is 0. The monoisotopic (exact) mass is 997 g/mol. The minimum absolute atomic E-state index is 0.0340. The van der Waals surface area contributed by atoms with Crippen LogP contribution in [0.15, 0.2) is 206 Å². The van der Waals surface area contributed by atoms with Crippen LogP contribution in [0.3, 0.4) is 0 Å². The van der Waals surface area contributed by atoms with E-state index in [4.69, 9.17) is 9.72 Å². The molecule has 2 aromatic heterocycles. The third-order valence-electron chi connectivity index (χ3n) is 16.5. The van der Waals surface area contributed by atoms with Crippen molar-refractivity contribution in [2.24, 2.45) is 0 Å². The summed E-state index contributed by atoms with van der Waals surface area (Å²) < 4.78 is 9.51. The van der Waals surface area contributed by atoms with E-state index in [0.717, 1.165) is 50.7 Å². The van der Waals surface area contributed by atoms with E-state index in [1.54, 1.807) is 0 Å². The number of fused-ring (bicyclic) bond motifs is 4. The fourth-order valence-corrected chi connectivity index (χ4v) is 11.3. The molecule has 0 fully saturated rings. The van der Waals surface area contributed by atoms with Gasteiger partial charge in [0, 0.05) is 56.7 Å². The first kappa shape index (κ1) is 50.3. The zero-order valence-electron chi connectivity index (χ0n) is 46.5. The van der Waals surface area contributed by atoms with Gasteiger partial charge in [-0.3, -0.25) is 4.57 Å². The highest BCUT2D eigenvalue weighted by Crippen LogP contribution is 2.50. The summed E-state index contributed by atoms with van der Waals surface area (Å²) in [6.07, 6.45) is 1.94. The van der Waals surface area contributed by atoms with Gasteiger partial charge in [0.05, 0.1) is 22.4 Å². The molecular formula is C71H72N4O. The van der Waals surface area contributed by atoms with Crippen molar-refractivity contribution < 1.29 is 4.74 Å². The molecule has 0 unspecified atom stereocenters. The second-order valence-corrected chi connectivity index (χ2v) is 24.7. The molecule has 0 saturated carbocycles. The Balaban J connectivity index is 1.08. The van der Waals surface area contributed by atoms with Gasteiger partial charge in [0.25, 0.3) is 0 Å². The molecule has 10 aromatic rings. The normalized spacial score (nSPS) is 13.4. The summed E-state index contributed by atoms with van der Waals surface area (Å²) in [5.41, 5.74) is 15.7. The molecule has 76 heavy (non-hydrogen) atoms. The van der Waals surface area contributed by atoms with Gasteiger partial charge in [0.1, 0.15) is 24.0 Å². The van der Waals surface area contributed by atoms with Gasteiger partial charge in [-0.25, -0.2) is 4.98 Å². The quantitative estimate of drug-likeness (QED) is 0.129. The Morgan fingerprint density at radius 2 is 0.842 bits per heavy atom. The van der Waals surface area contributed by atoms with Crippen LogP contribution < -0.4 is 14.5 Å². The SMILES string of the molecule is CC(C)(C)c1ccnc(-n2c3ccccc3c3ccc(Oc4cc(N5CN(c6cc(C(C)(C)c7ccccc7)cc(C(C)(C)c7ccccc7)c6)c6ccc(C(C)(C)C)cc65)cc(C(C)(C)c5ccccc5)c4)cc32)c1. The maximum Gasteiger partial charge on any atom is 0.137 e. The van der Waals surface area contributed by atoms with Crippen LogP contribution in [-0.4, -0.2) is 16.2 Å². The second-order valence-electron chi connectivity index (χ2n) is 24.7. The molecular weight excluding hydrogens is 925 g/mol. The molecule has 1 aliphatic heterocycles. The van der Waals surface area contributed by atoms with Gasteiger partial charge in [-0.15, -0.1) is 0 Å². The van der Waals surface area contributed by atoms with Gasteiger partial charge in [0.2, 0.25) is 0 Å². The minimum Gasteiger partial charge on any atom is -0.457 e. The molecule has 0 saturated heterocycles. The Morgan fingerprint density at radius 3 is 1.41 bits per heavy atom. The van der Waals surface area contributed by atoms with Crippen molar-refractivity contribution in [1.82, 2.24) is 9.55 Å².